The molecule has 0 amide bonds. The summed E-state index contributed by atoms with van der Waals surface area (Å²) in [7, 11) is -4.19. The highest BCUT2D eigenvalue weighted by molar-refractivity contribution is 7.51. The second-order valence-corrected chi connectivity index (χ2v) is 5.66. The predicted octanol–water partition coefficient (Wildman–Crippen LogP) is -1.01. The average molecular weight is 304 g/mol. The number of ether oxygens (including phenoxy) is 1. The van der Waals surface area contributed by atoms with Crippen molar-refractivity contribution in [3.8, 4) is 0 Å². The largest absolute Gasteiger partial charge is 0.364 e. The van der Waals surface area contributed by atoms with Gasteiger partial charge in [-0.3, -0.25) is 19.4 Å². The number of nitrogens with zero attached hydrogens (tertiary/aromatic N) is 3. The number of H-pyrrole nitrogens is 2. The van der Waals surface area contributed by atoms with E-state index in [9.17, 15) is 9.36 Å². The number of aromatic nitrogens is 5. The minimum Gasteiger partial charge on any atom is -0.364 e. The molecule has 0 saturated carbocycles. The Hall–Kier alpha value is -1.81. The van der Waals surface area contributed by atoms with Crippen LogP contribution in [0.2, 0.25) is 0 Å². The van der Waals surface area contributed by atoms with Gasteiger partial charge in [-0.15, -0.1) is 5.10 Å². The van der Waals surface area contributed by atoms with Gasteiger partial charge in [0.15, 0.2) is 5.52 Å². The van der Waals surface area contributed by atoms with Crippen molar-refractivity contribution in [2.45, 2.75) is 13.0 Å². The molecule has 2 rings (SSSR count). The van der Waals surface area contributed by atoms with Crippen molar-refractivity contribution < 1.29 is 19.1 Å². The molecule has 1 atom stereocenters. The lowest BCUT2D eigenvalue weighted by atomic mass is 10.4. The van der Waals surface area contributed by atoms with Crippen LogP contribution in [-0.2, 0) is 9.30 Å². The van der Waals surface area contributed by atoms with Crippen LogP contribution >= 0.6 is 7.60 Å². The minimum atomic E-state index is -4.19. The van der Waals surface area contributed by atoms with Crippen molar-refractivity contribution in [2.24, 2.45) is 0 Å². The first-order valence-corrected chi connectivity index (χ1v) is 7.36. The van der Waals surface area contributed by atoms with E-state index >= 15 is 0 Å². The summed E-state index contributed by atoms with van der Waals surface area (Å²) in [4.78, 5) is 35.4. The topological polar surface area (TPSA) is 166 Å². The van der Waals surface area contributed by atoms with E-state index in [-0.39, 0.29) is 23.7 Å². The summed E-state index contributed by atoms with van der Waals surface area (Å²) in [5.41, 5.74) is -0.0901. The summed E-state index contributed by atoms with van der Waals surface area (Å²) in [6, 6.07) is 0. The van der Waals surface area contributed by atoms with E-state index in [2.05, 4.69) is 30.7 Å². The fourth-order valence-electron chi connectivity index (χ4n) is 1.36. The SMILES string of the molecule is C[C@H](CNc1nc2nn[nH]c2c(=O)[nH]1)OCP(=O)(O)O. The minimum absolute atomic E-state index is 0.167. The van der Waals surface area contributed by atoms with Gasteiger partial charge in [0.1, 0.15) is 6.35 Å². The second kappa shape index (κ2) is 5.67. The summed E-state index contributed by atoms with van der Waals surface area (Å²) in [6.07, 6.45) is -1.15. The van der Waals surface area contributed by atoms with Crippen LogP contribution in [0.25, 0.3) is 11.2 Å². The molecule has 0 spiro atoms. The smallest absolute Gasteiger partial charge is 0.350 e. The maximum absolute atomic E-state index is 11.6. The van der Waals surface area contributed by atoms with Crippen molar-refractivity contribution in [1.82, 2.24) is 25.4 Å². The van der Waals surface area contributed by atoms with Gasteiger partial charge in [0, 0.05) is 6.54 Å². The van der Waals surface area contributed by atoms with Crippen molar-refractivity contribution in [3.05, 3.63) is 10.4 Å². The molecular weight excluding hydrogens is 291 g/mol. The maximum atomic E-state index is 11.6. The molecule has 5 N–H and O–H groups in total. The Balaban J connectivity index is 1.95. The molecule has 12 heteroatoms. The number of hydrogen-bond acceptors (Lipinski definition) is 7. The van der Waals surface area contributed by atoms with Gasteiger partial charge < -0.3 is 19.8 Å². The molecule has 2 aromatic rings. The van der Waals surface area contributed by atoms with Gasteiger partial charge in [0.2, 0.25) is 11.6 Å². The van der Waals surface area contributed by atoms with Crippen molar-refractivity contribution in [1.29, 1.82) is 0 Å². The first-order valence-electron chi connectivity index (χ1n) is 5.56. The van der Waals surface area contributed by atoms with E-state index in [0.29, 0.717) is 0 Å². The van der Waals surface area contributed by atoms with E-state index in [1.165, 1.54) is 0 Å². The van der Waals surface area contributed by atoms with E-state index < -0.39 is 25.6 Å². The van der Waals surface area contributed by atoms with Gasteiger partial charge >= 0.3 is 7.60 Å². The van der Waals surface area contributed by atoms with Crippen LogP contribution in [0, 0.1) is 0 Å². The van der Waals surface area contributed by atoms with Gasteiger partial charge in [-0.1, -0.05) is 5.21 Å². The number of aromatic amines is 2. The lowest BCUT2D eigenvalue weighted by molar-refractivity contribution is 0.0972. The third kappa shape index (κ3) is 3.84. The number of rotatable bonds is 6. The van der Waals surface area contributed by atoms with Crippen LogP contribution in [0.15, 0.2) is 4.79 Å². The standard InChI is InChI=1S/C8H13N6O5P/c1-4(19-3-20(16,17)18)2-9-8-10-6-5(7(15)11-8)12-14-13-6/h4H,2-3H2,1H3,(H2,16,17,18)(H3,9,10,11,12,13,14,15)/t4-/m1/s1. The molecular formula is C8H13N6O5P. The molecule has 0 radical (unpaired) electrons. The summed E-state index contributed by atoms with van der Waals surface area (Å²) in [5.74, 6) is 0.169. The Morgan fingerprint density at radius 1 is 1.50 bits per heavy atom. The van der Waals surface area contributed by atoms with Gasteiger partial charge in [-0.05, 0) is 6.92 Å². The molecule has 0 bridgehead atoms. The quantitative estimate of drug-likeness (QED) is 0.420. The zero-order valence-corrected chi connectivity index (χ0v) is 11.3. The predicted molar refractivity (Wildman–Crippen MR) is 68.3 cm³/mol. The van der Waals surface area contributed by atoms with Crippen LogP contribution in [0.1, 0.15) is 6.92 Å². The van der Waals surface area contributed by atoms with Crippen LogP contribution in [0.5, 0.6) is 0 Å². The third-order valence-electron chi connectivity index (χ3n) is 2.29. The molecule has 2 aromatic heterocycles. The summed E-state index contributed by atoms with van der Waals surface area (Å²) in [5, 5.41) is 12.3. The number of anilines is 1. The zero-order valence-electron chi connectivity index (χ0n) is 10.4. The summed E-state index contributed by atoms with van der Waals surface area (Å²) < 4.78 is 15.6. The molecule has 110 valence electrons. The first-order chi connectivity index (χ1) is 9.35. The molecule has 0 aliphatic heterocycles. The highest BCUT2D eigenvalue weighted by Gasteiger charge is 2.15. The maximum Gasteiger partial charge on any atom is 0.350 e. The van der Waals surface area contributed by atoms with E-state index in [1.807, 2.05) is 0 Å². The first kappa shape index (κ1) is 14.6. The monoisotopic (exact) mass is 304 g/mol. The van der Waals surface area contributed by atoms with Gasteiger partial charge in [0.05, 0.1) is 6.10 Å². The molecule has 2 heterocycles. The van der Waals surface area contributed by atoms with Crippen molar-refractivity contribution >= 4 is 24.7 Å². The number of hydrogen-bond donors (Lipinski definition) is 5. The molecule has 0 aliphatic rings. The van der Waals surface area contributed by atoms with Gasteiger partial charge in [-0.25, -0.2) is 0 Å². The Morgan fingerprint density at radius 3 is 2.95 bits per heavy atom. The number of fused-ring (bicyclic) bond motifs is 1. The summed E-state index contributed by atoms with van der Waals surface area (Å²) in [6.45, 7) is 1.82. The van der Waals surface area contributed by atoms with E-state index in [1.54, 1.807) is 6.92 Å². The van der Waals surface area contributed by atoms with Crippen molar-refractivity contribution in [2.75, 3.05) is 18.2 Å². The molecule has 20 heavy (non-hydrogen) atoms. The Morgan fingerprint density at radius 2 is 2.25 bits per heavy atom. The lowest BCUT2D eigenvalue weighted by Gasteiger charge is -2.14. The normalized spacial score (nSPS) is 13.6. The van der Waals surface area contributed by atoms with Gasteiger partial charge in [-0.2, -0.15) is 4.98 Å². The highest BCUT2D eigenvalue weighted by atomic mass is 31.2. The highest BCUT2D eigenvalue weighted by Crippen LogP contribution is 2.34. The van der Waals surface area contributed by atoms with E-state index in [4.69, 9.17) is 14.5 Å². The van der Waals surface area contributed by atoms with Crippen LogP contribution in [-0.4, -0.2) is 54.2 Å². The molecule has 0 saturated heterocycles. The number of nitrogens with one attached hydrogen (secondary N) is 3. The lowest BCUT2D eigenvalue weighted by Crippen LogP contribution is -2.23. The van der Waals surface area contributed by atoms with E-state index in [0.717, 1.165) is 0 Å². The second-order valence-electron chi connectivity index (χ2n) is 4.08. The average Bonchev–Trinajstić information content (AvgIpc) is 2.81. The van der Waals surface area contributed by atoms with Crippen LogP contribution in [0.4, 0.5) is 5.95 Å². The van der Waals surface area contributed by atoms with Crippen LogP contribution in [0.3, 0.4) is 0 Å². The zero-order chi connectivity index (χ0) is 14.8. The Kier molecular flexibility index (Phi) is 4.14. The Labute approximate surface area is 111 Å². The van der Waals surface area contributed by atoms with Crippen LogP contribution < -0.4 is 10.9 Å². The van der Waals surface area contributed by atoms with Gasteiger partial charge in [0.25, 0.3) is 5.56 Å². The fourth-order valence-corrected chi connectivity index (χ4v) is 1.81. The van der Waals surface area contributed by atoms with Crippen molar-refractivity contribution in [3.63, 3.8) is 0 Å². The third-order valence-corrected chi connectivity index (χ3v) is 2.78. The molecule has 11 nitrogen and oxygen atoms in total. The molecule has 0 aliphatic carbocycles. The molecule has 0 aromatic carbocycles. The Bertz CT molecular complexity index is 692. The summed E-state index contributed by atoms with van der Waals surface area (Å²) >= 11 is 0. The molecule has 0 unspecified atom stereocenters. The molecule has 0 fully saturated rings. The fraction of sp³-hybridized carbons (Fsp3) is 0.500.